The number of hydrogen-bond acceptors (Lipinski definition) is 6. The van der Waals surface area contributed by atoms with Gasteiger partial charge in [-0.3, -0.25) is 4.79 Å². The molecule has 3 N–H and O–H groups in total. The number of carbonyl (C=O) groups excluding carboxylic acids is 1. The van der Waals surface area contributed by atoms with Crippen LogP contribution in [0.3, 0.4) is 0 Å². The van der Waals surface area contributed by atoms with Gasteiger partial charge in [0, 0.05) is 0 Å². The fourth-order valence-corrected chi connectivity index (χ4v) is 2.96. The highest BCUT2D eigenvalue weighted by Gasteiger charge is 2.50. The summed E-state index contributed by atoms with van der Waals surface area (Å²) >= 11 is 0. The Balaban J connectivity index is 1.67. The van der Waals surface area contributed by atoms with Gasteiger partial charge in [0.15, 0.2) is 5.78 Å². The summed E-state index contributed by atoms with van der Waals surface area (Å²) < 4.78 is 11.1. The number of aliphatic hydroxyl groups excluding tert-OH is 3. The molecule has 0 unspecified atom stereocenters. The van der Waals surface area contributed by atoms with Gasteiger partial charge < -0.3 is 24.8 Å². The van der Waals surface area contributed by atoms with Crippen molar-refractivity contribution in [2.24, 2.45) is 0 Å². The molecule has 0 amide bonds. The summed E-state index contributed by atoms with van der Waals surface area (Å²) in [5.74, 6) is -0.750. The summed E-state index contributed by atoms with van der Waals surface area (Å²) in [6, 6.07) is 18.4. The lowest BCUT2D eigenvalue weighted by Gasteiger charge is -2.39. The fourth-order valence-electron chi connectivity index (χ4n) is 2.96. The second kappa shape index (κ2) is 8.53. The quantitative estimate of drug-likeness (QED) is 0.708. The Labute approximate surface area is 151 Å². The van der Waals surface area contributed by atoms with Crippen molar-refractivity contribution in [1.29, 1.82) is 0 Å². The van der Waals surface area contributed by atoms with Crippen LogP contribution in [-0.2, 0) is 27.5 Å². The molecule has 0 heterocycles. The molecule has 1 fully saturated rings. The van der Waals surface area contributed by atoms with Crippen molar-refractivity contribution in [1.82, 2.24) is 0 Å². The minimum atomic E-state index is -1.67. The highest BCUT2D eigenvalue weighted by atomic mass is 16.5. The smallest absolute Gasteiger partial charge is 0.195 e. The first kappa shape index (κ1) is 18.7. The summed E-state index contributed by atoms with van der Waals surface area (Å²) in [5.41, 5.74) is 1.68. The first-order valence-electron chi connectivity index (χ1n) is 8.47. The van der Waals surface area contributed by atoms with Crippen LogP contribution in [-0.4, -0.2) is 51.6 Å². The zero-order valence-corrected chi connectivity index (χ0v) is 14.1. The van der Waals surface area contributed by atoms with Gasteiger partial charge in [0.1, 0.15) is 30.5 Å². The number of ether oxygens (including phenoxy) is 2. The van der Waals surface area contributed by atoms with Crippen LogP contribution >= 0.6 is 0 Å². The van der Waals surface area contributed by atoms with E-state index >= 15 is 0 Å². The Hall–Kier alpha value is -2.09. The van der Waals surface area contributed by atoms with E-state index in [-0.39, 0.29) is 13.2 Å². The van der Waals surface area contributed by atoms with Crippen molar-refractivity contribution in [3.05, 3.63) is 71.8 Å². The molecule has 6 heteroatoms. The molecule has 0 aromatic heterocycles. The zero-order valence-electron chi connectivity index (χ0n) is 14.1. The lowest BCUT2D eigenvalue weighted by atomic mass is 9.86. The van der Waals surface area contributed by atoms with E-state index in [0.29, 0.717) is 0 Å². The Bertz CT molecular complexity index is 705. The minimum absolute atomic E-state index is 0.0997. The van der Waals surface area contributed by atoms with Crippen molar-refractivity contribution >= 4 is 5.78 Å². The molecular weight excluding hydrogens is 336 g/mol. The Kier molecular flexibility index (Phi) is 6.13. The third-order valence-electron chi connectivity index (χ3n) is 4.44. The molecule has 0 radical (unpaired) electrons. The fraction of sp³-hybridized carbons (Fsp3) is 0.350. The van der Waals surface area contributed by atoms with Gasteiger partial charge >= 0.3 is 0 Å². The van der Waals surface area contributed by atoms with Crippen LogP contribution in [0.2, 0.25) is 0 Å². The van der Waals surface area contributed by atoms with E-state index in [0.717, 1.165) is 11.1 Å². The molecule has 0 bridgehead atoms. The molecule has 0 aliphatic heterocycles. The molecule has 1 saturated carbocycles. The number of carbonyl (C=O) groups is 1. The van der Waals surface area contributed by atoms with Gasteiger partial charge in [0.05, 0.1) is 13.2 Å². The maximum absolute atomic E-state index is 12.2. The van der Waals surface area contributed by atoms with Gasteiger partial charge in [-0.15, -0.1) is 0 Å². The molecule has 26 heavy (non-hydrogen) atoms. The monoisotopic (exact) mass is 358 g/mol. The molecule has 1 aliphatic carbocycles. The van der Waals surface area contributed by atoms with Gasteiger partial charge in [0.25, 0.3) is 0 Å². The lowest BCUT2D eigenvalue weighted by molar-refractivity contribution is -0.207. The van der Waals surface area contributed by atoms with Crippen LogP contribution in [0.5, 0.6) is 0 Å². The van der Waals surface area contributed by atoms with Crippen LogP contribution in [0, 0.1) is 0 Å². The number of Topliss-reactive ketones (excluding diaryl/α,β-unsaturated/α-hetero) is 1. The van der Waals surface area contributed by atoms with Gasteiger partial charge in [0.2, 0.25) is 0 Å². The summed E-state index contributed by atoms with van der Waals surface area (Å²) in [5, 5.41) is 30.7. The maximum atomic E-state index is 12.2. The molecule has 1 aliphatic rings. The molecule has 3 rings (SSSR count). The van der Waals surface area contributed by atoms with Gasteiger partial charge in [-0.05, 0) is 11.1 Å². The summed E-state index contributed by atoms with van der Waals surface area (Å²) in [4.78, 5) is 12.2. The molecule has 2 aromatic carbocycles. The normalized spacial score (nSPS) is 28.9. The summed E-state index contributed by atoms with van der Waals surface area (Å²) in [7, 11) is 0. The molecule has 0 saturated heterocycles. The molecule has 138 valence electrons. The van der Waals surface area contributed by atoms with Crippen LogP contribution in [0.4, 0.5) is 0 Å². The highest BCUT2D eigenvalue weighted by molar-refractivity contribution is 5.89. The van der Waals surface area contributed by atoms with E-state index in [1.165, 1.54) is 0 Å². The van der Waals surface area contributed by atoms with E-state index in [1.807, 2.05) is 60.7 Å². The third-order valence-corrected chi connectivity index (χ3v) is 4.44. The van der Waals surface area contributed by atoms with E-state index in [1.54, 1.807) is 0 Å². The SMILES string of the molecule is O=C1[C@@H](OCc2ccccc2)[C@@H](O)[C@H](OCc2ccccc2)[C@H](O)[C@H]1O. The molecule has 5 atom stereocenters. The van der Waals surface area contributed by atoms with Gasteiger partial charge in [-0.1, -0.05) is 60.7 Å². The van der Waals surface area contributed by atoms with Gasteiger partial charge in [-0.2, -0.15) is 0 Å². The van der Waals surface area contributed by atoms with Crippen molar-refractivity contribution in [2.45, 2.75) is 43.7 Å². The Morgan fingerprint density at radius 1 is 0.731 bits per heavy atom. The predicted octanol–water partition coefficient (Wildman–Crippen LogP) is 0.823. The number of rotatable bonds is 6. The lowest BCUT2D eigenvalue weighted by Crippen LogP contribution is -2.63. The number of aliphatic hydroxyl groups is 3. The van der Waals surface area contributed by atoms with Crippen LogP contribution in [0.1, 0.15) is 11.1 Å². The van der Waals surface area contributed by atoms with E-state index in [2.05, 4.69) is 0 Å². The van der Waals surface area contributed by atoms with Crippen molar-refractivity contribution in [3.8, 4) is 0 Å². The number of ketones is 1. The van der Waals surface area contributed by atoms with Crippen LogP contribution < -0.4 is 0 Å². The van der Waals surface area contributed by atoms with Crippen molar-refractivity contribution in [3.63, 3.8) is 0 Å². The zero-order chi connectivity index (χ0) is 18.5. The summed E-state index contributed by atoms with van der Waals surface area (Å²) in [6.07, 6.45) is -6.97. The molecule has 6 nitrogen and oxygen atoms in total. The highest BCUT2D eigenvalue weighted by Crippen LogP contribution is 2.25. The van der Waals surface area contributed by atoms with E-state index in [9.17, 15) is 20.1 Å². The van der Waals surface area contributed by atoms with Crippen molar-refractivity contribution in [2.75, 3.05) is 0 Å². The van der Waals surface area contributed by atoms with Gasteiger partial charge in [-0.25, -0.2) is 0 Å². The first-order valence-corrected chi connectivity index (χ1v) is 8.47. The van der Waals surface area contributed by atoms with Crippen LogP contribution in [0.15, 0.2) is 60.7 Å². The predicted molar refractivity (Wildman–Crippen MR) is 93.1 cm³/mol. The Morgan fingerprint density at radius 2 is 1.23 bits per heavy atom. The van der Waals surface area contributed by atoms with Crippen molar-refractivity contribution < 1.29 is 29.6 Å². The topological polar surface area (TPSA) is 96.2 Å². The standard InChI is InChI=1S/C20H22O6/c21-15-16(22)19(25-11-13-7-3-1-4-8-13)18(24)20(17(15)23)26-12-14-9-5-2-6-10-14/h1-10,15-16,18-22,24H,11-12H2/t15-,16-,18+,19-,20-/m1/s1. The van der Waals surface area contributed by atoms with Crippen LogP contribution in [0.25, 0.3) is 0 Å². The second-order valence-electron chi connectivity index (χ2n) is 6.31. The largest absolute Gasteiger partial charge is 0.387 e. The average molecular weight is 358 g/mol. The maximum Gasteiger partial charge on any atom is 0.195 e. The second-order valence-corrected chi connectivity index (χ2v) is 6.31. The first-order chi connectivity index (χ1) is 12.6. The summed E-state index contributed by atoms with van der Waals surface area (Å²) in [6.45, 7) is 0.231. The van der Waals surface area contributed by atoms with E-state index in [4.69, 9.17) is 9.47 Å². The molecular formula is C20H22O6. The average Bonchev–Trinajstić information content (AvgIpc) is 2.68. The molecule has 0 spiro atoms. The third kappa shape index (κ3) is 4.17. The Morgan fingerprint density at radius 3 is 1.77 bits per heavy atom. The van der Waals surface area contributed by atoms with E-state index < -0.39 is 36.3 Å². The molecule has 2 aromatic rings. The number of benzene rings is 2. The minimum Gasteiger partial charge on any atom is -0.387 e. The number of hydrogen-bond donors (Lipinski definition) is 3.